The van der Waals surface area contributed by atoms with Crippen molar-refractivity contribution in [2.75, 3.05) is 30.4 Å². The van der Waals surface area contributed by atoms with E-state index in [9.17, 15) is 22.4 Å². The fourth-order valence-electron chi connectivity index (χ4n) is 3.23. The molecule has 3 aromatic rings. The zero-order chi connectivity index (χ0) is 24.9. The molecule has 0 aliphatic carbocycles. The summed E-state index contributed by atoms with van der Waals surface area (Å²) >= 11 is 0. The number of halogens is 1. The lowest BCUT2D eigenvalue weighted by Gasteiger charge is -2.25. The molecule has 0 bridgehead atoms. The molecule has 0 saturated heterocycles. The Balaban J connectivity index is 2.02. The molecule has 1 amide bonds. The number of hydrogen-bond acceptors (Lipinski definition) is 6. The number of sulfonamides is 1. The largest absolute Gasteiger partial charge is 0.495 e. The molecule has 0 radical (unpaired) electrons. The normalized spacial score (nSPS) is 10.9. The van der Waals surface area contributed by atoms with Crippen molar-refractivity contribution < 1.29 is 31.9 Å². The average molecular weight is 487 g/mol. The molecule has 0 aliphatic rings. The molecule has 0 fully saturated rings. The minimum Gasteiger partial charge on any atom is -0.495 e. The second kappa shape index (κ2) is 10.3. The smallest absolute Gasteiger partial charge is 0.339 e. The third-order valence-electron chi connectivity index (χ3n) is 4.90. The van der Waals surface area contributed by atoms with Gasteiger partial charge in [-0.1, -0.05) is 18.2 Å². The minimum absolute atomic E-state index is 0.0707. The molecule has 0 heterocycles. The quantitative estimate of drug-likeness (QED) is 0.487. The van der Waals surface area contributed by atoms with Crippen molar-refractivity contribution >= 4 is 33.3 Å². The predicted molar refractivity (Wildman–Crippen MR) is 125 cm³/mol. The van der Waals surface area contributed by atoms with E-state index in [1.54, 1.807) is 25.1 Å². The molecule has 0 saturated carbocycles. The van der Waals surface area contributed by atoms with Crippen molar-refractivity contribution in [2.45, 2.75) is 11.8 Å². The van der Waals surface area contributed by atoms with Crippen LogP contribution in [0.5, 0.6) is 5.75 Å². The molecule has 8 nitrogen and oxygen atoms in total. The number of ether oxygens (including phenoxy) is 2. The maximum absolute atomic E-state index is 13.7. The fourth-order valence-corrected chi connectivity index (χ4v) is 4.89. The summed E-state index contributed by atoms with van der Waals surface area (Å²) in [6.07, 6.45) is 0. The molecule has 178 valence electrons. The number of carbonyl (C=O) groups excluding carboxylic acids is 2. The maximum Gasteiger partial charge on any atom is 0.339 e. The highest BCUT2D eigenvalue weighted by atomic mass is 32.2. The monoisotopic (exact) mass is 486 g/mol. The standard InChI is InChI=1S/C24H23FN2O6S/c1-16-8-13-21(32-2)22(14-16)34(30,31)27(18-11-9-17(25)10-12-18)15-23(28)26-20-7-5-4-6-19(20)24(29)33-3/h4-14H,15H2,1-3H3,(H,26,28). The summed E-state index contributed by atoms with van der Waals surface area (Å²) < 4.78 is 51.6. The molecule has 0 spiro atoms. The number of amides is 1. The van der Waals surface area contributed by atoms with E-state index in [-0.39, 0.29) is 27.6 Å². The molecule has 0 unspecified atom stereocenters. The van der Waals surface area contributed by atoms with Crippen molar-refractivity contribution in [2.24, 2.45) is 0 Å². The highest BCUT2D eigenvalue weighted by molar-refractivity contribution is 7.93. The second-order valence-corrected chi connectivity index (χ2v) is 9.06. The summed E-state index contributed by atoms with van der Waals surface area (Å²) in [5.41, 5.74) is 0.995. The molecule has 0 aliphatic heterocycles. The Labute approximate surface area is 197 Å². The van der Waals surface area contributed by atoms with Gasteiger partial charge in [-0.05, 0) is 61.0 Å². The van der Waals surface area contributed by atoms with Crippen LogP contribution in [-0.2, 0) is 19.6 Å². The van der Waals surface area contributed by atoms with Gasteiger partial charge in [-0.25, -0.2) is 17.6 Å². The highest BCUT2D eigenvalue weighted by Gasteiger charge is 2.30. The Kier molecular flexibility index (Phi) is 7.52. The molecule has 0 aromatic heterocycles. The number of anilines is 2. The number of aryl methyl sites for hydroxylation is 1. The number of carbonyl (C=O) groups is 2. The lowest BCUT2D eigenvalue weighted by Crippen LogP contribution is -2.38. The van der Waals surface area contributed by atoms with Crippen molar-refractivity contribution in [3.8, 4) is 5.75 Å². The molecule has 3 rings (SSSR count). The van der Waals surface area contributed by atoms with Crippen molar-refractivity contribution in [1.82, 2.24) is 0 Å². The molecular weight excluding hydrogens is 463 g/mol. The van der Waals surface area contributed by atoms with E-state index in [0.717, 1.165) is 16.4 Å². The van der Waals surface area contributed by atoms with Gasteiger partial charge in [-0.3, -0.25) is 9.10 Å². The zero-order valence-electron chi connectivity index (χ0n) is 18.7. The van der Waals surface area contributed by atoms with Crippen molar-refractivity contribution in [3.63, 3.8) is 0 Å². The van der Waals surface area contributed by atoms with Gasteiger partial charge in [0.2, 0.25) is 5.91 Å². The van der Waals surface area contributed by atoms with Gasteiger partial charge < -0.3 is 14.8 Å². The van der Waals surface area contributed by atoms with E-state index in [4.69, 9.17) is 9.47 Å². The summed E-state index contributed by atoms with van der Waals surface area (Å²) in [5, 5.41) is 2.55. The summed E-state index contributed by atoms with van der Waals surface area (Å²) in [6.45, 7) is 1.07. The lowest BCUT2D eigenvalue weighted by atomic mass is 10.2. The predicted octanol–water partition coefficient (Wildman–Crippen LogP) is 3.76. The van der Waals surface area contributed by atoms with Gasteiger partial charge in [-0.15, -0.1) is 0 Å². The minimum atomic E-state index is -4.32. The first kappa shape index (κ1) is 24.7. The van der Waals surface area contributed by atoms with Gasteiger partial charge in [0.05, 0.1) is 31.2 Å². The van der Waals surface area contributed by atoms with Crippen LogP contribution in [0.2, 0.25) is 0 Å². The first-order chi connectivity index (χ1) is 16.2. The molecule has 1 N–H and O–H groups in total. The molecule has 10 heteroatoms. The van der Waals surface area contributed by atoms with Gasteiger partial charge in [0.1, 0.15) is 23.0 Å². The van der Waals surface area contributed by atoms with E-state index in [1.165, 1.54) is 50.6 Å². The molecule has 3 aromatic carbocycles. The number of nitrogens with one attached hydrogen (secondary N) is 1. The summed E-state index contributed by atoms with van der Waals surface area (Å²) in [6, 6.07) is 15.5. The first-order valence-corrected chi connectivity index (χ1v) is 11.5. The molecule has 0 atom stereocenters. The van der Waals surface area contributed by atoms with Crippen LogP contribution >= 0.6 is 0 Å². The number of nitrogens with zero attached hydrogens (tertiary/aromatic N) is 1. The van der Waals surface area contributed by atoms with E-state index in [2.05, 4.69) is 5.32 Å². The van der Waals surface area contributed by atoms with Gasteiger partial charge in [0.15, 0.2) is 0 Å². The SMILES string of the molecule is COC(=O)c1ccccc1NC(=O)CN(c1ccc(F)cc1)S(=O)(=O)c1cc(C)ccc1OC. The van der Waals surface area contributed by atoms with Crippen LogP contribution in [0.3, 0.4) is 0 Å². The van der Waals surface area contributed by atoms with Gasteiger partial charge in [0, 0.05) is 0 Å². The highest BCUT2D eigenvalue weighted by Crippen LogP contribution is 2.31. The number of benzene rings is 3. The third kappa shape index (κ3) is 5.34. The Bertz CT molecular complexity index is 1310. The van der Waals surface area contributed by atoms with Crippen LogP contribution < -0.4 is 14.4 Å². The fraction of sp³-hybridized carbons (Fsp3) is 0.167. The van der Waals surface area contributed by atoms with Gasteiger partial charge >= 0.3 is 5.97 Å². The van der Waals surface area contributed by atoms with Gasteiger partial charge in [0.25, 0.3) is 10.0 Å². The number of rotatable bonds is 8. The number of hydrogen-bond donors (Lipinski definition) is 1. The Morgan fingerprint density at radius 2 is 1.68 bits per heavy atom. The average Bonchev–Trinajstić information content (AvgIpc) is 2.83. The lowest BCUT2D eigenvalue weighted by molar-refractivity contribution is -0.114. The van der Waals surface area contributed by atoms with E-state index < -0.39 is 34.3 Å². The first-order valence-electron chi connectivity index (χ1n) is 10.1. The van der Waals surface area contributed by atoms with E-state index >= 15 is 0 Å². The van der Waals surface area contributed by atoms with E-state index in [1.807, 2.05) is 0 Å². The van der Waals surface area contributed by atoms with Crippen LogP contribution in [0.15, 0.2) is 71.6 Å². The maximum atomic E-state index is 13.7. The van der Waals surface area contributed by atoms with Crippen LogP contribution in [0.4, 0.5) is 15.8 Å². The number of methoxy groups -OCH3 is 2. The van der Waals surface area contributed by atoms with Crippen LogP contribution in [0, 0.1) is 12.7 Å². The Morgan fingerprint density at radius 1 is 1.00 bits per heavy atom. The van der Waals surface area contributed by atoms with Gasteiger partial charge in [-0.2, -0.15) is 0 Å². The molecule has 34 heavy (non-hydrogen) atoms. The summed E-state index contributed by atoms with van der Waals surface area (Å²) in [4.78, 5) is 24.8. The number of esters is 1. The second-order valence-electron chi connectivity index (χ2n) is 7.23. The zero-order valence-corrected chi connectivity index (χ0v) is 19.6. The Hall–Kier alpha value is -3.92. The van der Waals surface area contributed by atoms with Crippen LogP contribution in [0.1, 0.15) is 15.9 Å². The van der Waals surface area contributed by atoms with Crippen molar-refractivity contribution in [3.05, 3.63) is 83.7 Å². The van der Waals surface area contributed by atoms with Crippen LogP contribution in [-0.4, -0.2) is 41.1 Å². The van der Waals surface area contributed by atoms with Crippen LogP contribution in [0.25, 0.3) is 0 Å². The summed E-state index contributed by atoms with van der Waals surface area (Å²) in [5.74, 6) is -1.86. The topological polar surface area (TPSA) is 102 Å². The van der Waals surface area contributed by atoms with Crippen molar-refractivity contribution in [1.29, 1.82) is 0 Å². The third-order valence-corrected chi connectivity index (χ3v) is 6.69. The molecular formula is C24H23FN2O6S. The number of para-hydroxylation sites is 1. The summed E-state index contributed by atoms with van der Waals surface area (Å²) in [7, 11) is -1.77. The Morgan fingerprint density at radius 3 is 2.32 bits per heavy atom. The van der Waals surface area contributed by atoms with E-state index in [0.29, 0.717) is 5.56 Å².